The lowest BCUT2D eigenvalue weighted by Gasteiger charge is -2.10. The van der Waals surface area contributed by atoms with E-state index in [1.54, 1.807) is 0 Å². The van der Waals surface area contributed by atoms with Crippen LogP contribution in [-0.4, -0.2) is 12.4 Å². The largest absolute Gasteiger partial charge is 0.498 e. The van der Waals surface area contributed by atoms with Crippen LogP contribution in [0.2, 0.25) is 0 Å². The third-order valence-electron chi connectivity index (χ3n) is 3.12. The zero-order valence-electron chi connectivity index (χ0n) is 13.7. The topological polar surface area (TPSA) is 26.3 Å². The normalized spacial score (nSPS) is 14.7. The number of rotatable bonds is 10. The number of allylic oxidation sites excluding steroid dienone is 6. The van der Waals surface area contributed by atoms with Gasteiger partial charge < -0.3 is 4.74 Å². The van der Waals surface area contributed by atoms with Gasteiger partial charge >= 0.3 is 0 Å². The van der Waals surface area contributed by atoms with Gasteiger partial charge in [-0.1, -0.05) is 52.3 Å². The molecule has 0 radical (unpaired) electrons. The molecule has 0 aliphatic rings. The fourth-order valence-corrected chi connectivity index (χ4v) is 1.86. The summed E-state index contributed by atoms with van der Waals surface area (Å²) in [6, 6.07) is 0. The Hall–Kier alpha value is -1.31. The Bertz CT molecular complexity index is 362. The molecular weight excluding hydrogens is 248 g/mol. The molecule has 0 heterocycles. The molecule has 20 heavy (non-hydrogen) atoms. The Balaban J connectivity index is 4.52. The number of ether oxygens (including phenoxy) is 1. The van der Waals surface area contributed by atoms with E-state index in [1.807, 2.05) is 32.1 Å². The van der Waals surface area contributed by atoms with E-state index in [0.29, 0.717) is 6.42 Å². The van der Waals surface area contributed by atoms with E-state index in [1.165, 1.54) is 0 Å². The van der Waals surface area contributed by atoms with Gasteiger partial charge in [0.1, 0.15) is 0 Å². The second-order valence-electron chi connectivity index (χ2n) is 5.00. The number of carbonyl (C=O) groups is 1. The maximum atomic E-state index is 11.9. The first kappa shape index (κ1) is 18.7. The van der Waals surface area contributed by atoms with Crippen LogP contribution in [0.1, 0.15) is 60.3 Å². The van der Waals surface area contributed by atoms with E-state index in [9.17, 15) is 4.79 Å². The Morgan fingerprint density at radius 2 is 1.95 bits per heavy atom. The first-order chi connectivity index (χ1) is 9.56. The van der Waals surface area contributed by atoms with E-state index in [-0.39, 0.29) is 11.7 Å². The van der Waals surface area contributed by atoms with Crippen LogP contribution in [0.15, 0.2) is 35.6 Å². The summed E-state index contributed by atoms with van der Waals surface area (Å²) in [4.78, 5) is 11.9. The zero-order valence-corrected chi connectivity index (χ0v) is 13.7. The Kier molecular flexibility index (Phi) is 10.8. The van der Waals surface area contributed by atoms with Gasteiger partial charge in [0, 0.05) is 12.3 Å². The highest BCUT2D eigenvalue weighted by molar-refractivity contribution is 5.95. The maximum Gasteiger partial charge on any atom is 0.158 e. The molecule has 114 valence electrons. The Labute approximate surface area is 124 Å². The van der Waals surface area contributed by atoms with Crippen molar-refractivity contribution >= 4 is 5.78 Å². The van der Waals surface area contributed by atoms with Gasteiger partial charge in [-0.15, -0.1) is 0 Å². The van der Waals surface area contributed by atoms with Crippen LogP contribution in [-0.2, 0) is 9.53 Å². The molecule has 2 heteroatoms. The highest BCUT2D eigenvalue weighted by atomic mass is 16.5. The summed E-state index contributed by atoms with van der Waals surface area (Å²) in [5, 5.41) is 0. The van der Waals surface area contributed by atoms with Gasteiger partial charge in [0.25, 0.3) is 0 Å². The third-order valence-corrected chi connectivity index (χ3v) is 3.12. The molecule has 2 nitrogen and oxygen atoms in total. The van der Waals surface area contributed by atoms with Gasteiger partial charge in [-0.2, -0.15) is 0 Å². The molecule has 0 aromatic carbocycles. The van der Waals surface area contributed by atoms with Crippen molar-refractivity contribution in [2.24, 2.45) is 5.92 Å². The molecule has 0 N–H and O–H groups in total. The number of carbonyl (C=O) groups excluding carboxylic acids is 1. The maximum absolute atomic E-state index is 11.9. The van der Waals surface area contributed by atoms with Crippen LogP contribution in [0, 0.1) is 5.92 Å². The molecule has 0 rings (SSSR count). The molecule has 0 aliphatic carbocycles. The van der Waals surface area contributed by atoms with Gasteiger partial charge in [0.05, 0.1) is 12.4 Å². The standard InChI is InChI=1S/C18H30O2/c1-6-9-14-20-16(5)13-10-12-15(4)17(11-7-2)18(19)8-3/h10-13,15H,6-9,14H2,1-5H3/b12-10?,16-13?,17-11-. The molecular formula is C18H30O2. The summed E-state index contributed by atoms with van der Waals surface area (Å²) < 4.78 is 5.57. The number of hydrogen-bond acceptors (Lipinski definition) is 2. The molecule has 1 unspecified atom stereocenters. The first-order valence-electron chi connectivity index (χ1n) is 7.77. The fraction of sp³-hybridized carbons (Fsp3) is 0.611. The van der Waals surface area contributed by atoms with Gasteiger partial charge in [-0.3, -0.25) is 4.79 Å². The third kappa shape index (κ3) is 7.98. The van der Waals surface area contributed by atoms with Crippen LogP contribution in [0.4, 0.5) is 0 Å². The van der Waals surface area contributed by atoms with Crippen molar-refractivity contribution in [2.45, 2.75) is 60.3 Å². The predicted molar refractivity (Wildman–Crippen MR) is 86.6 cm³/mol. The van der Waals surface area contributed by atoms with Gasteiger partial charge in [0.2, 0.25) is 0 Å². The average Bonchev–Trinajstić information content (AvgIpc) is 2.44. The van der Waals surface area contributed by atoms with Crippen LogP contribution in [0.3, 0.4) is 0 Å². The van der Waals surface area contributed by atoms with Crippen molar-refractivity contribution in [2.75, 3.05) is 6.61 Å². The summed E-state index contributed by atoms with van der Waals surface area (Å²) in [7, 11) is 0. The lowest BCUT2D eigenvalue weighted by atomic mass is 9.94. The number of Topliss-reactive ketones (excluding diaryl/α,β-unsaturated/α-hetero) is 1. The number of ketones is 1. The van der Waals surface area contributed by atoms with Gasteiger partial charge in [0.15, 0.2) is 5.78 Å². The minimum absolute atomic E-state index is 0.155. The van der Waals surface area contributed by atoms with E-state index < -0.39 is 0 Å². The quantitative estimate of drug-likeness (QED) is 0.237. The van der Waals surface area contributed by atoms with Crippen LogP contribution >= 0.6 is 0 Å². The van der Waals surface area contributed by atoms with Gasteiger partial charge in [-0.25, -0.2) is 0 Å². The minimum Gasteiger partial charge on any atom is -0.498 e. The van der Waals surface area contributed by atoms with E-state index in [4.69, 9.17) is 4.74 Å². The van der Waals surface area contributed by atoms with Crippen molar-refractivity contribution in [1.82, 2.24) is 0 Å². The SMILES string of the molecule is CC/C=C(\C(=O)CC)C(C)C=CC=C(C)OCCCC. The molecule has 1 atom stereocenters. The van der Waals surface area contributed by atoms with Crippen LogP contribution in [0.5, 0.6) is 0 Å². The summed E-state index contributed by atoms with van der Waals surface area (Å²) in [5.41, 5.74) is 0.921. The minimum atomic E-state index is 0.155. The predicted octanol–water partition coefficient (Wildman–Crippen LogP) is 5.21. The number of unbranched alkanes of at least 4 members (excludes halogenated alkanes) is 1. The molecule has 0 aromatic heterocycles. The second kappa shape index (κ2) is 11.5. The summed E-state index contributed by atoms with van der Waals surface area (Å²) in [5.74, 6) is 1.32. The molecule has 0 saturated heterocycles. The van der Waals surface area contributed by atoms with E-state index in [2.05, 4.69) is 26.8 Å². The van der Waals surface area contributed by atoms with Crippen molar-refractivity contribution < 1.29 is 9.53 Å². The summed E-state index contributed by atoms with van der Waals surface area (Å²) in [6.07, 6.45) is 11.7. The molecule has 0 aromatic rings. The first-order valence-corrected chi connectivity index (χ1v) is 7.77. The molecule has 0 fully saturated rings. The van der Waals surface area contributed by atoms with Crippen molar-refractivity contribution in [3.8, 4) is 0 Å². The zero-order chi connectivity index (χ0) is 15.4. The average molecular weight is 278 g/mol. The van der Waals surface area contributed by atoms with Crippen molar-refractivity contribution in [3.63, 3.8) is 0 Å². The Morgan fingerprint density at radius 3 is 2.50 bits per heavy atom. The monoisotopic (exact) mass is 278 g/mol. The number of hydrogen-bond donors (Lipinski definition) is 0. The smallest absolute Gasteiger partial charge is 0.158 e. The molecule has 0 bridgehead atoms. The lowest BCUT2D eigenvalue weighted by molar-refractivity contribution is -0.115. The molecule has 0 saturated carbocycles. The van der Waals surface area contributed by atoms with Gasteiger partial charge in [-0.05, 0) is 31.4 Å². The molecule has 0 spiro atoms. The van der Waals surface area contributed by atoms with E-state index in [0.717, 1.165) is 37.2 Å². The lowest BCUT2D eigenvalue weighted by Crippen LogP contribution is -2.07. The molecule has 0 aliphatic heterocycles. The van der Waals surface area contributed by atoms with Crippen LogP contribution in [0.25, 0.3) is 0 Å². The second-order valence-corrected chi connectivity index (χ2v) is 5.00. The van der Waals surface area contributed by atoms with E-state index >= 15 is 0 Å². The summed E-state index contributed by atoms with van der Waals surface area (Å²) in [6.45, 7) is 10.9. The van der Waals surface area contributed by atoms with Crippen molar-refractivity contribution in [1.29, 1.82) is 0 Å². The van der Waals surface area contributed by atoms with Crippen molar-refractivity contribution in [3.05, 3.63) is 35.6 Å². The fourth-order valence-electron chi connectivity index (χ4n) is 1.86. The Morgan fingerprint density at radius 1 is 1.25 bits per heavy atom. The highest BCUT2D eigenvalue weighted by Gasteiger charge is 2.11. The van der Waals surface area contributed by atoms with Crippen LogP contribution < -0.4 is 0 Å². The summed E-state index contributed by atoms with van der Waals surface area (Å²) >= 11 is 0. The highest BCUT2D eigenvalue weighted by Crippen LogP contribution is 2.16. The molecule has 0 amide bonds.